The third-order valence-corrected chi connectivity index (χ3v) is 13.2. The predicted octanol–water partition coefficient (Wildman–Crippen LogP) is 5.91. The van der Waals surface area contributed by atoms with Crippen LogP contribution in [0, 0.1) is 31.6 Å². The molecule has 45 heavy (non-hydrogen) atoms. The molecule has 3 unspecified atom stereocenters. The monoisotopic (exact) mass is 693 g/mol. The number of para-hydroxylation sites is 1. The van der Waals surface area contributed by atoms with E-state index < -0.39 is 28.7 Å². The molecule has 9 heteroatoms. The quantitative estimate of drug-likeness (QED) is 0.221. The Balaban J connectivity index is 1.66. The normalized spacial score (nSPS) is 28.0. The van der Waals surface area contributed by atoms with Crippen LogP contribution in [0.15, 0.2) is 73.8 Å². The van der Waals surface area contributed by atoms with E-state index in [-0.39, 0.29) is 46.9 Å². The lowest BCUT2D eigenvalue weighted by atomic mass is 9.70. The molecule has 3 aliphatic rings. The van der Waals surface area contributed by atoms with E-state index in [0.717, 1.165) is 28.9 Å². The van der Waals surface area contributed by atoms with Crippen molar-refractivity contribution in [2.45, 2.75) is 67.4 Å². The summed E-state index contributed by atoms with van der Waals surface area (Å²) in [5.41, 5.74) is 3.48. The van der Waals surface area contributed by atoms with Crippen molar-refractivity contribution in [2.24, 2.45) is 17.8 Å². The van der Waals surface area contributed by atoms with Crippen LogP contribution in [0.5, 0.6) is 0 Å². The number of halogens is 1. The number of carbonyl (C=O) groups excluding carboxylic acids is 3. The van der Waals surface area contributed by atoms with E-state index in [4.69, 9.17) is 0 Å². The highest BCUT2D eigenvalue weighted by atomic mass is 79.9. The standard InChI is InChI=1S/C36H44BrN3O4S/c1-7-17-38(25-13-11-10-12-14-25)33(42)29-30-34(43)40(28(21-41)23(5)9-3)32(36(30)20-26(37)31(29)45-36)35(44)39(18-8-2)27-19-22(4)15-16-24(27)6/h7-8,10-16,19,23,26,28-32,41H,1-2,9,17-18,20-21H2,3-6H3/t23-,26?,28-,29+,30-,31+,32?,36?/m0/s1. The molecule has 5 rings (SSSR count). The van der Waals surface area contributed by atoms with Crippen LogP contribution >= 0.6 is 27.7 Å². The summed E-state index contributed by atoms with van der Waals surface area (Å²) >= 11 is 5.51. The van der Waals surface area contributed by atoms with Crippen molar-refractivity contribution in [1.82, 2.24) is 4.90 Å². The van der Waals surface area contributed by atoms with Crippen LogP contribution in [0.25, 0.3) is 0 Å². The number of fused-ring (bicyclic) bond motifs is 1. The Bertz CT molecular complexity index is 1470. The summed E-state index contributed by atoms with van der Waals surface area (Å²) < 4.78 is -0.845. The number of hydrogen-bond acceptors (Lipinski definition) is 5. The molecule has 0 aliphatic carbocycles. The van der Waals surface area contributed by atoms with Crippen LogP contribution in [-0.2, 0) is 14.4 Å². The highest BCUT2D eigenvalue weighted by molar-refractivity contribution is 9.09. The Hall–Kier alpha value is -2.88. The zero-order valence-electron chi connectivity index (χ0n) is 26.6. The maximum Gasteiger partial charge on any atom is 0.251 e. The predicted molar refractivity (Wildman–Crippen MR) is 187 cm³/mol. The van der Waals surface area contributed by atoms with Gasteiger partial charge < -0.3 is 19.8 Å². The third kappa shape index (κ3) is 5.59. The third-order valence-electron chi connectivity index (χ3n) is 9.97. The molecule has 0 saturated carbocycles. The topological polar surface area (TPSA) is 81.2 Å². The number of rotatable bonds is 12. The number of anilines is 2. The molecule has 2 aromatic carbocycles. The fraction of sp³-hybridized carbons (Fsp3) is 0.472. The van der Waals surface area contributed by atoms with Gasteiger partial charge in [0.1, 0.15) is 6.04 Å². The Morgan fingerprint density at radius 1 is 1.11 bits per heavy atom. The second kappa shape index (κ2) is 13.5. The van der Waals surface area contributed by atoms with E-state index in [1.807, 2.05) is 76.2 Å². The number of hydrogen-bond donors (Lipinski definition) is 1. The Labute approximate surface area is 279 Å². The lowest BCUT2D eigenvalue weighted by molar-refractivity contribution is -0.143. The molecule has 3 aliphatic heterocycles. The molecule has 1 spiro atoms. The minimum Gasteiger partial charge on any atom is -0.394 e. The number of thioether (sulfide) groups is 1. The number of alkyl halides is 1. The van der Waals surface area contributed by atoms with Gasteiger partial charge >= 0.3 is 0 Å². The molecule has 0 aromatic heterocycles. The van der Waals surface area contributed by atoms with E-state index in [0.29, 0.717) is 13.0 Å². The number of benzene rings is 2. The number of aliphatic hydroxyl groups is 1. The molecule has 2 aromatic rings. The highest BCUT2D eigenvalue weighted by Gasteiger charge is 2.76. The van der Waals surface area contributed by atoms with Gasteiger partial charge in [-0.15, -0.1) is 24.9 Å². The molecular weight excluding hydrogens is 650 g/mol. The first kappa shape index (κ1) is 33.5. The lowest BCUT2D eigenvalue weighted by Gasteiger charge is -2.41. The minimum absolute atomic E-state index is 0.0595. The average Bonchev–Trinajstić information content (AvgIpc) is 3.63. The molecule has 2 bridgehead atoms. The van der Waals surface area contributed by atoms with Crippen molar-refractivity contribution in [1.29, 1.82) is 0 Å². The fourth-order valence-corrected chi connectivity index (χ4v) is 11.2. The first-order chi connectivity index (χ1) is 21.6. The summed E-state index contributed by atoms with van der Waals surface area (Å²) in [6.07, 6.45) is 4.70. The van der Waals surface area contributed by atoms with Crippen LogP contribution in [0.1, 0.15) is 37.8 Å². The number of carbonyl (C=O) groups is 3. The van der Waals surface area contributed by atoms with Gasteiger partial charge in [-0.2, -0.15) is 0 Å². The first-order valence-corrected chi connectivity index (χ1v) is 17.6. The second-order valence-corrected chi connectivity index (χ2v) is 15.4. The average molecular weight is 695 g/mol. The van der Waals surface area contributed by atoms with Crippen molar-refractivity contribution in [3.63, 3.8) is 0 Å². The molecule has 240 valence electrons. The van der Waals surface area contributed by atoms with E-state index in [1.165, 1.54) is 0 Å². The maximum atomic E-state index is 15.1. The number of aliphatic hydroxyl groups excluding tert-OH is 1. The van der Waals surface area contributed by atoms with Gasteiger partial charge in [0.15, 0.2) is 0 Å². The van der Waals surface area contributed by atoms with E-state index >= 15 is 4.79 Å². The van der Waals surface area contributed by atoms with E-state index in [9.17, 15) is 14.7 Å². The van der Waals surface area contributed by atoms with Crippen molar-refractivity contribution in [2.75, 3.05) is 29.5 Å². The van der Waals surface area contributed by atoms with Gasteiger partial charge in [0.2, 0.25) is 11.8 Å². The van der Waals surface area contributed by atoms with E-state index in [2.05, 4.69) is 29.1 Å². The largest absolute Gasteiger partial charge is 0.394 e. The van der Waals surface area contributed by atoms with Gasteiger partial charge in [-0.05, 0) is 55.5 Å². The maximum absolute atomic E-state index is 15.1. The SMILES string of the molecule is C=CCN(C(=O)[C@H]1[C@@H]2SC3(CC2Br)C(C(=O)N(CC=C)c2cc(C)ccc2C)N([C@@H](CO)[C@@H](C)CC)C(=O)[C@H]13)c1ccccc1. The summed E-state index contributed by atoms with van der Waals surface area (Å²) in [7, 11) is 0. The molecular formula is C36H44BrN3O4S. The minimum atomic E-state index is -0.863. The number of amides is 3. The number of nitrogens with zero attached hydrogens (tertiary/aromatic N) is 3. The zero-order chi connectivity index (χ0) is 32.6. The van der Waals surface area contributed by atoms with Crippen LogP contribution in [0.4, 0.5) is 11.4 Å². The fourth-order valence-electron chi connectivity index (χ4n) is 7.63. The molecule has 3 saturated heterocycles. The van der Waals surface area contributed by atoms with Crippen LogP contribution < -0.4 is 9.80 Å². The summed E-state index contributed by atoms with van der Waals surface area (Å²) in [6.45, 7) is 16.2. The summed E-state index contributed by atoms with van der Waals surface area (Å²) in [5.74, 6) is -1.97. The van der Waals surface area contributed by atoms with Crippen molar-refractivity contribution in [3.05, 3.63) is 85.0 Å². The first-order valence-electron chi connectivity index (χ1n) is 15.8. The molecule has 1 N–H and O–H groups in total. The van der Waals surface area contributed by atoms with Gasteiger partial charge in [-0.25, -0.2) is 0 Å². The molecule has 8 atom stereocenters. The second-order valence-electron chi connectivity index (χ2n) is 12.6. The van der Waals surface area contributed by atoms with Gasteiger partial charge in [-0.3, -0.25) is 14.4 Å². The van der Waals surface area contributed by atoms with Crippen LogP contribution in [-0.4, -0.2) is 74.3 Å². The zero-order valence-corrected chi connectivity index (χ0v) is 29.0. The number of likely N-dealkylation sites (tertiary alicyclic amines) is 1. The van der Waals surface area contributed by atoms with Crippen LogP contribution in [0.3, 0.4) is 0 Å². The van der Waals surface area contributed by atoms with E-state index in [1.54, 1.807) is 38.6 Å². The van der Waals surface area contributed by atoms with Crippen molar-refractivity contribution in [3.8, 4) is 0 Å². The smallest absolute Gasteiger partial charge is 0.251 e. The Morgan fingerprint density at radius 3 is 2.40 bits per heavy atom. The summed E-state index contributed by atoms with van der Waals surface area (Å²) in [5, 5.41) is 10.6. The van der Waals surface area contributed by atoms with Crippen molar-refractivity contribution < 1.29 is 19.5 Å². The molecule has 3 heterocycles. The summed E-state index contributed by atoms with van der Waals surface area (Å²) in [6, 6.07) is 14.0. The van der Waals surface area contributed by atoms with Gasteiger partial charge in [0.25, 0.3) is 5.91 Å². The van der Waals surface area contributed by atoms with Gasteiger partial charge in [-0.1, -0.05) is 78.7 Å². The molecule has 3 amide bonds. The Kier molecular flexibility index (Phi) is 10.0. The van der Waals surface area contributed by atoms with Gasteiger partial charge in [0, 0.05) is 34.5 Å². The lowest BCUT2D eigenvalue weighted by Crippen LogP contribution is -2.59. The number of aryl methyl sites for hydroxylation is 2. The summed E-state index contributed by atoms with van der Waals surface area (Å²) in [4.78, 5) is 49.7. The van der Waals surface area contributed by atoms with Crippen molar-refractivity contribution >= 4 is 56.8 Å². The van der Waals surface area contributed by atoms with Crippen LogP contribution in [0.2, 0.25) is 0 Å². The highest BCUT2D eigenvalue weighted by Crippen LogP contribution is 2.68. The molecule has 0 radical (unpaired) electrons. The Morgan fingerprint density at radius 2 is 1.78 bits per heavy atom. The molecule has 3 fully saturated rings. The molecule has 7 nitrogen and oxygen atoms in total. The van der Waals surface area contributed by atoms with Gasteiger partial charge in [0.05, 0.1) is 29.2 Å².